The number of alkyl halides is 3. The van der Waals surface area contributed by atoms with Gasteiger partial charge in [-0.1, -0.05) is 12.1 Å². The van der Waals surface area contributed by atoms with Crippen LogP contribution in [0.5, 0.6) is 11.5 Å². The largest absolute Gasteiger partial charge is 0.457 e. The number of amides is 1. The molecule has 0 atom stereocenters. The van der Waals surface area contributed by atoms with Crippen molar-refractivity contribution in [2.24, 2.45) is 0 Å². The molecule has 0 unspecified atom stereocenters. The van der Waals surface area contributed by atoms with E-state index in [0.717, 1.165) is 6.07 Å². The summed E-state index contributed by atoms with van der Waals surface area (Å²) < 4.78 is 44.5. The van der Waals surface area contributed by atoms with E-state index in [1.165, 1.54) is 42.5 Å². The summed E-state index contributed by atoms with van der Waals surface area (Å²) in [5, 5.41) is 2.65. The Morgan fingerprint density at radius 2 is 1.71 bits per heavy atom. The molecule has 1 heterocycles. The third kappa shape index (κ3) is 4.40. The molecule has 0 radical (unpaired) electrons. The number of benzene rings is 2. The van der Waals surface area contributed by atoms with E-state index in [2.05, 4.69) is 10.3 Å². The summed E-state index contributed by atoms with van der Waals surface area (Å²) in [4.78, 5) is 16.3. The van der Waals surface area contributed by atoms with Crippen molar-refractivity contribution in [3.05, 3.63) is 77.5 Å². The predicted molar refractivity (Wildman–Crippen MR) is 99.3 cm³/mol. The third-order valence-corrected chi connectivity index (χ3v) is 3.84. The molecule has 1 amide bonds. The van der Waals surface area contributed by atoms with Crippen LogP contribution >= 0.6 is 0 Å². The minimum atomic E-state index is -4.52. The van der Waals surface area contributed by atoms with Gasteiger partial charge in [-0.25, -0.2) is 4.98 Å². The van der Waals surface area contributed by atoms with Gasteiger partial charge in [0.25, 0.3) is 5.91 Å². The number of nitrogens with zero attached hydrogens (tertiary/aromatic N) is 1. The predicted octanol–water partition coefficient (Wildman–Crippen LogP) is 5.04. The summed E-state index contributed by atoms with van der Waals surface area (Å²) in [6.07, 6.45) is -4.52. The van der Waals surface area contributed by atoms with E-state index >= 15 is 0 Å². The van der Waals surface area contributed by atoms with E-state index in [0.29, 0.717) is 11.4 Å². The monoisotopic (exact) mass is 387 g/mol. The van der Waals surface area contributed by atoms with Crippen LogP contribution in [0.25, 0.3) is 0 Å². The van der Waals surface area contributed by atoms with E-state index in [1.807, 2.05) is 0 Å². The van der Waals surface area contributed by atoms with Crippen LogP contribution in [-0.4, -0.2) is 10.9 Å². The molecule has 0 aliphatic rings. The molecule has 8 heteroatoms. The summed E-state index contributed by atoms with van der Waals surface area (Å²) >= 11 is 0. The van der Waals surface area contributed by atoms with Gasteiger partial charge in [0.15, 0.2) is 0 Å². The van der Waals surface area contributed by atoms with E-state index in [-0.39, 0.29) is 22.9 Å². The number of halogens is 3. The smallest absolute Gasteiger partial charge is 0.419 e. The first kappa shape index (κ1) is 19.2. The first-order chi connectivity index (χ1) is 13.2. The van der Waals surface area contributed by atoms with Crippen LogP contribution in [0.2, 0.25) is 0 Å². The molecule has 0 saturated carbocycles. The number of aryl methyl sites for hydroxylation is 1. The number of nitrogen functional groups attached to an aromatic ring is 1. The van der Waals surface area contributed by atoms with E-state index in [1.54, 1.807) is 19.1 Å². The number of carbonyl (C=O) groups excluding carboxylic acids is 1. The number of aromatic nitrogens is 1. The van der Waals surface area contributed by atoms with Crippen molar-refractivity contribution in [2.45, 2.75) is 13.1 Å². The highest BCUT2D eigenvalue weighted by Crippen LogP contribution is 2.38. The number of anilines is 2. The Morgan fingerprint density at radius 1 is 1.04 bits per heavy atom. The Kier molecular flexibility index (Phi) is 5.21. The SMILES string of the molecule is Cc1ccc(C(=O)Nc2ccc(Oc3ccccc3C(F)(F)F)cc2)c(N)n1. The zero-order valence-electron chi connectivity index (χ0n) is 14.7. The highest BCUT2D eigenvalue weighted by molar-refractivity contribution is 6.07. The lowest BCUT2D eigenvalue weighted by atomic mass is 10.2. The van der Waals surface area contributed by atoms with Crippen molar-refractivity contribution in [3.63, 3.8) is 0 Å². The molecule has 0 aliphatic heterocycles. The van der Waals surface area contributed by atoms with Crippen LogP contribution in [0.3, 0.4) is 0 Å². The van der Waals surface area contributed by atoms with Gasteiger partial charge < -0.3 is 15.8 Å². The number of ether oxygens (including phenoxy) is 1. The maximum Gasteiger partial charge on any atom is 0.419 e. The summed E-state index contributed by atoms with van der Waals surface area (Å²) in [6, 6.07) is 14.1. The van der Waals surface area contributed by atoms with Gasteiger partial charge in [0.2, 0.25) is 0 Å². The minimum Gasteiger partial charge on any atom is -0.457 e. The Hall–Kier alpha value is -3.55. The van der Waals surface area contributed by atoms with Crippen LogP contribution in [0.1, 0.15) is 21.6 Å². The summed E-state index contributed by atoms with van der Waals surface area (Å²) in [5.74, 6) is -0.432. The highest BCUT2D eigenvalue weighted by atomic mass is 19.4. The lowest BCUT2D eigenvalue weighted by Crippen LogP contribution is -2.15. The Labute approximate surface area is 159 Å². The second-order valence-corrected chi connectivity index (χ2v) is 5.96. The summed E-state index contributed by atoms with van der Waals surface area (Å²) in [6.45, 7) is 1.76. The Balaban J connectivity index is 1.73. The molecular weight excluding hydrogens is 371 g/mol. The number of para-hydroxylation sites is 1. The number of nitrogens with two attached hydrogens (primary N) is 1. The zero-order valence-corrected chi connectivity index (χ0v) is 14.7. The van der Waals surface area contributed by atoms with E-state index in [9.17, 15) is 18.0 Å². The Bertz CT molecular complexity index is 1000. The number of rotatable bonds is 4. The number of pyridine rings is 1. The first-order valence-electron chi connectivity index (χ1n) is 8.22. The average Bonchev–Trinajstić information content (AvgIpc) is 2.63. The fourth-order valence-corrected chi connectivity index (χ4v) is 2.49. The average molecular weight is 387 g/mol. The molecule has 28 heavy (non-hydrogen) atoms. The number of nitrogens with one attached hydrogen (secondary N) is 1. The van der Waals surface area contributed by atoms with Crippen LogP contribution in [0.4, 0.5) is 24.7 Å². The van der Waals surface area contributed by atoms with Gasteiger partial charge in [-0.2, -0.15) is 13.2 Å². The van der Waals surface area contributed by atoms with Gasteiger partial charge in [0, 0.05) is 11.4 Å². The zero-order chi connectivity index (χ0) is 20.3. The van der Waals surface area contributed by atoms with Gasteiger partial charge in [-0.05, 0) is 55.5 Å². The van der Waals surface area contributed by atoms with Crippen LogP contribution in [-0.2, 0) is 6.18 Å². The quantitative estimate of drug-likeness (QED) is 0.658. The van der Waals surface area contributed by atoms with Crippen molar-refractivity contribution < 1.29 is 22.7 Å². The maximum absolute atomic E-state index is 13.0. The molecular formula is C20H16F3N3O2. The molecule has 3 rings (SSSR count). The van der Waals surface area contributed by atoms with Crippen molar-refractivity contribution in [1.29, 1.82) is 0 Å². The van der Waals surface area contributed by atoms with Crippen molar-refractivity contribution in [1.82, 2.24) is 4.98 Å². The second kappa shape index (κ2) is 7.59. The molecule has 0 fully saturated rings. The molecule has 0 spiro atoms. The lowest BCUT2D eigenvalue weighted by Gasteiger charge is -2.14. The van der Waals surface area contributed by atoms with E-state index in [4.69, 9.17) is 10.5 Å². The molecule has 0 bridgehead atoms. The standard InChI is InChI=1S/C20H16F3N3O2/c1-12-6-11-15(18(24)25-12)19(27)26-13-7-9-14(10-8-13)28-17-5-3-2-4-16(17)20(21,22)23/h2-11H,1H3,(H2,24,25)(H,26,27). The van der Waals surface area contributed by atoms with Gasteiger partial charge in [-0.3, -0.25) is 4.79 Å². The molecule has 5 nitrogen and oxygen atoms in total. The summed E-state index contributed by atoms with van der Waals surface area (Å²) in [5.41, 5.74) is 6.23. The topological polar surface area (TPSA) is 77.2 Å². The van der Waals surface area contributed by atoms with Crippen LogP contribution < -0.4 is 15.8 Å². The number of carbonyl (C=O) groups is 1. The van der Waals surface area contributed by atoms with Gasteiger partial charge in [0.1, 0.15) is 17.3 Å². The molecule has 144 valence electrons. The van der Waals surface area contributed by atoms with Gasteiger partial charge in [0.05, 0.1) is 11.1 Å². The van der Waals surface area contributed by atoms with E-state index < -0.39 is 17.6 Å². The minimum absolute atomic E-state index is 0.112. The third-order valence-electron chi connectivity index (χ3n) is 3.84. The molecule has 2 aromatic carbocycles. The van der Waals surface area contributed by atoms with Crippen molar-refractivity contribution in [3.8, 4) is 11.5 Å². The fraction of sp³-hybridized carbons (Fsp3) is 0.100. The van der Waals surface area contributed by atoms with Crippen LogP contribution in [0, 0.1) is 6.92 Å². The normalized spacial score (nSPS) is 11.1. The second-order valence-electron chi connectivity index (χ2n) is 5.96. The van der Waals surface area contributed by atoms with Gasteiger partial charge in [-0.15, -0.1) is 0 Å². The molecule has 1 aromatic heterocycles. The van der Waals surface area contributed by atoms with Gasteiger partial charge >= 0.3 is 6.18 Å². The van der Waals surface area contributed by atoms with Crippen molar-refractivity contribution in [2.75, 3.05) is 11.1 Å². The first-order valence-corrected chi connectivity index (χ1v) is 8.22. The fourth-order valence-electron chi connectivity index (χ4n) is 2.49. The lowest BCUT2D eigenvalue weighted by molar-refractivity contribution is -0.138. The number of hydrogen-bond donors (Lipinski definition) is 2. The highest BCUT2D eigenvalue weighted by Gasteiger charge is 2.34. The molecule has 3 N–H and O–H groups in total. The molecule has 3 aromatic rings. The summed E-state index contributed by atoms with van der Waals surface area (Å²) in [7, 11) is 0. The number of hydrogen-bond acceptors (Lipinski definition) is 4. The van der Waals surface area contributed by atoms with Crippen LogP contribution in [0.15, 0.2) is 60.7 Å². The molecule has 0 saturated heterocycles. The maximum atomic E-state index is 13.0. The Morgan fingerprint density at radius 3 is 2.36 bits per heavy atom. The molecule has 0 aliphatic carbocycles. The van der Waals surface area contributed by atoms with Crippen molar-refractivity contribution >= 4 is 17.4 Å².